The van der Waals surface area contributed by atoms with Gasteiger partial charge in [0, 0.05) is 13.8 Å². The molecule has 0 aromatic carbocycles. The molecule has 2 N–H and O–H groups in total. The third-order valence-corrected chi connectivity index (χ3v) is 2.10. The maximum Gasteiger partial charge on any atom is 0.345 e. The molecule has 0 rings (SSSR count). The summed E-state index contributed by atoms with van der Waals surface area (Å²) in [6.07, 6.45) is -5.61. The van der Waals surface area contributed by atoms with E-state index in [0.29, 0.717) is 0 Å². The summed E-state index contributed by atoms with van der Waals surface area (Å²) in [4.78, 5) is 65.6. The van der Waals surface area contributed by atoms with Crippen LogP contribution in [0, 0.1) is 0 Å². The molecule has 0 radical (unpaired) electrons. The number of aliphatic carboxylic acids is 2. The topological polar surface area (TPSA) is 171 Å². The predicted octanol–water partition coefficient (Wildman–Crippen LogP) is -1.13. The minimum atomic E-state index is -1.85. The molecule has 0 fully saturated rings. The lowest BCUT2D eigenvalue weighted by Gasteiger charge is -2.13. The van der Waals surface area contributed by atoms with Gasteiger partial charge in [-0.25, -0.2) is 9.59 Å². The molecule has 0 aromatic heterocycles. The van der Waals surface area contributed by atoms with Crippen molar-refractivity contribution in [3.8, 4) is 0 Å². The van der Waals surface area contributed by atoms with E-state index >= 15 is 0 Å². The molecule has 128 valence electrons. The van der Waals surface area contributed by atoms with Gasteiger partial charge in [0.1, 0.15) is 0 Å². The molecular weight excluding hydrogens is 320 g/mol. The van der Waals surface area contributed by atoms with Gasteiger partial charge in [-0.2, -0.15) is 0 Å². The Morgan fingerprint density at radius 3 is 1.26 bits per heavy atom. The normalized spacial score (nSPS) is 12.4. The van der Waals surface area contributed by atoms with Crippen molar-refractivity contribution in [1.82, 2.24) is 0 Å². The molecule has 0 amide bonds. The van der Waals surface area contributed by atoms with Gasteiger partial charge < -0.3 is 24.4 Å². The Labute approximate surface area is 129 Å². The molecule has 11 nitrogen and oxygen atoms in total. The van der Waals surface area contributed by atoms with E-state index in [9.17, 15) is 28.8 Å². The van der Waals surface area contributed by atoms with Crippen LogP contribution in [0.5, 0.6) is 0 Å². The monoisotopic (exact) mass is 334 g/mol. The average molecular weight is 334 g/mol. The SMILES string of the molecule is CC(=O)O[C@@H](CC(=O)OC(=O)C[C@H](OC(C)=O)C(=O)O)C(=O)O. The number of ether oxygens (including phenoxy) is 3. The van der Waals surface area contributed by atoms with Gasteiger partial charge >= 0.3 is 35.8 Å². The van der Waals surface area contributed by atoms with Crippen LogP contribution in [-0.2, 0) is 43.0 Å². The average Bonchev–Trinajstić information content (AvgIpc) is 2.35. The van der Waals surface area contributed by atoms with Gasteiger partial charge in [-0.3, -0.25) is 19.2 Å². The van der Waals surface area contributed by atoms with Crippen LogP contribution in [0.15, 0.2) is 0 Å². The third kappa shape index (κ3) is 8.80. The van der Waals surface area contributed by atoms with E-state index < -0.39 is 60.9 Å². The first kappa shape index (κ1) is 20.0. The molecule has 0 aliphatic heterocycles. The molecule has 0 aromatic rings. The fourth-order valence-corrected chi connectivity index (χ4v) is 1.27. The zero-order valence-corrected chi connectivity index (χ0v) is 12.1. The Kier molecular flexibility index (Phi) is 7.94. The van der Waals surface area contributed by atoms with Gasteiger partial charge in [0.15, 0.2) is 0 Å². The van der Waals surface area contributed by atoms with E-state index in [0.717, 1.165) is 13.8 Å². The van der Waals surface area contributed by atoms with Crippen molar-refractivity contribution in [1.29, 1.82) is 0 Å². The molecule has 0 heterocycles. The van der Waals surface area contributed by atoms with Crippen molar-refractivity contribution in [2.45, 2.75) is 38.9 Å². The van der Waals surface area contributed by atoms with Crippen molar-refractivity contribution in [3.05, 3.63) is 0 Å². The fourth-order valence-electron chi connectivity index (χ4n) is 1.27. The second-order valence-corrected chi connectivity index (χ2v) is 4.13. The molecule has 2 atom stereocenters. The Morgan fingerprint density at radius 2 is 1.04 bits per heavy atom. The van der Waals surface area contributed by atoms with E-state index in [4.69, 9.17) is 10.2 Å². The standard InChI is InChI=1S/C12H14O11/c1-5(13)21-7(11(17)18)3-9(15)23-10(16)4-8(12(19)20)22-6(2)14/h7-8H,3-4H2,1-2H3,(H,17,18)(H,19,20)/t7-,8-/m0/s1. The van der Waals surface area contributed by atoms with Gasteiger partial charge in [0.2, 0.25) is 12.2 Å². The minimum absolute atomic E-state index is 0.920. The summed E-state index contributed by atoms with van der Waals surface area (Å²) in [5, 5.41) is 17.4. The number of carbonyl (C=O) groups is 6. The molecular formula is C12H14O11. The number of rotatable bonds is 8. The first-order valence-electron chi connectivity index (χ1n) is 6.06. The number of hydrogen-bond donors (Lipinski definition) is 2. The summed E-state index contributed by atoms with van der Waals surface area (Å²) in [7, 11) is 0. The summed E-state index contributed by atoms with van der Waals surface area (Å²) in [6, 6.07) is 0. The van der Waals surface area contributed by atoms with Crippen LogP contribution in [0.4, 0.5) is 0 Å². The van der Waals surface area contributed by atoms with E-state index in [-0.39, 0.29) is 0 Å². The first-order valence-corrected chi connectivity index (χ1v) is 6.06. The van der Waals surface area contributed by atoms with Gasteiger partial charge in [0.25, 0.3) is 0 Å². The van der Waals surface area contributed by atoms with Crippen molar-refractivity contribution in [2.24, 2.45) is 0 Å². The highest BCUT2D eigenvalue weighted by Crippen LogP contribution is 2.06. The molecule has 0 unspecified atom stereocenters. The van der Waals surface area contributed by atoms with E-state index in [1.165, 1.54) is 0 Å². The lowest BCUT2D eigenvalue weighted by molar-refractivity contribution is -0.173. The Hall–Kier alpha value is -2.98. The second-order valence-electron chi connectivity index (χ2n) is 4.13. The number of carbonyl (C=O) groups excluding carboxylic acids is 4. The lowest BCUT2D eigenvalue weighted by Crippen LogP contribution is -2.32. The highest BCUT2D eigenvalue weighted by atomic mass is 16.6. The highest BCUT2D eigenvalue weighted by molar-refractivity contribution is 5.91. The molecule has 11 heteroatoms. The summed E-state index contributed by atoms with van der Waals surface area (Å²) < 4.78 is 12.8. The summed E-state index contributed by atoms with van der Waals surface area (Å²) in [5.74, 6) is -7.89. The predicted molar refractivity (Wildman–Crippen MR) is 66.7 cm³/mol. The molecule has 0 aliphatic carbocycles. The number of carboxylic acids is 2. The molecule has 0 saturated heterocycles. The number of esters is 4. The Morgan fingerprint density at radius 1 is 0.739 bits per heavy atom. The molecule has 0 saturated carbocycles. The second kappa shape index (κ2) is 9.12. The highest BCUT2D eigenvalue weighted by Gasteiger charge is 2.29. The van der Waals surface area contributed by atoms with Gasteiger partial charge in [-0.05, 0) is 0 Å². The zero-order valence-electron chi connectivity index (χ0n) is 12.1. The maximum absolute atomic E-state index is 11.4. The zero-order chi connectivity index (χ0) is 18.2. The smallest absolute Gasteiger partial charge is 0.345 e. The third-order valence-electron chi connectivity index (χ3n) is 2.10. The minimum Gasteiger partial charge on any atom is -0.478 e. The van der Waals surface area contributed by atoms with Crippen LogP contribution >= 0.6 is 0 Å². The van der Waals surface area contributed by atoms with Crippen LogP contribution in [0.2, 0.25) is 0 Å². The van der Waals surface area contributed by atoms with Crippen LogP contribution < -0.4 is 0 Å². The largest absolute Gasteiger partial charge is 0.478 e. The van der Waals surface area contributed by atoms with Crippen LogP contribution in [0.3, 0.4) is 0 Å². The Bertz CT molecular complexity index is 475. The summed E-state index contributed by atoms with van der Waals surface area (Å²) in [5.41, 5.74) is 0. The Balaban J connectivity index is 4.60. The maximum atomic E-state index is 11.4. The van der Waals surface area contributed by atoms with E-state index in [1.807, 2.05) is 0 Å². The lowest BCUT2D eigenvalue weighted by atomic mass is 10.2. The van der Waals surface area contributed by atoms with Gasteiger partial charge in [-0.15, -0.1) is 0 Å². The van der Waals surface area contributed by atoms with Gasteiger partial charge in [0.05, 0.1) is 12.8 Å². The van der Waals surface area contributed by atoms with Crippen molar-refractivity contribution in [3.63, 3.8) is 0 Å². The molecule has 0 bridgehead atoms. The fraction of sp³-hybridized carbons (Fsp3) is 0.500. The number of carboxylic acid groups (broad SMARTS) is 2. The van der Waals surface area contributed by atoms with Crippen molar-refractivity contribution in [2.75, 3.05) is 0 Å². The van der Waals surface area contributed by atoms with Crippen molar-refractivity contribution >= 4 is 35.8 Å². The quantitative estimate of drug-likeness (QED) is 0.312. The number of hydrogen-bond acceptors (Lipinski definition) is 9. The van der Waals surface area contributed by atoms with Crippen LogP contribution in [-0.4, -0.2) is 58.2 Å². The van der Waals surface area contributed by atoms with E-state index in [2.05, 4.69) is 14.2 Å². The van der Waals surface area contributed by atoms with Crippen molar-refractivity contribution < 1.29 is 53.2 Å². The molecule has 0 aliphatic rings. The van der Waals surface area contributed by atoms with Gasteiger partial charge in [-0.1, -0.05) is 0 Å². The summed E-state index contributed by atoms with van der Waals surface area (Å²) in [6.45, 7) is 1.84. The van der Waals surface area contributed by atoms with Crippen LogP contribution in [0.1, 0.15) is 26.7 Å². The molecule has 0 spiro atoms. The molecule has 23 heavy (non-hydrogen) atoms. The van der Waals surface area contributed by atoms with Crippen LogP contribution in [0.25, 0.3) is 0 Å². The summed E-state index contributed by atoms with van der Waals surface area (Å²) >= 11 is 0. The first-order chi connectivity index (χ1) is 10.5. The van der Waals surface area contributed by atoms with E-state index in [1.54, 1.807) is 0 Å².